The first-order valence-corrected chi connectivity index (χ1v) is 6.37. The standard InChI is InChI=1S/C13H18N4/c1-9-7-13-15-11(8-12(14)17(13)16-9)10-5-3-2-4-6-10/h7-8,10H,2-6,14H2,1H3. The molecule has 4 nitrogen and oxygen atoms in total. The minimum atomic E-state index is 0.589. The average molecular weight is 230 g/mol. The molecule has 0 spiro atoms. The van der Waals surface area contributed by atoms with Gasteiger partial charge in [0.15, 0.2) is 5.65 Å². The lowest BCUT2D eigenvalue weighted by Gasteiger charge is -2.21. The van der Waals surface area contributed by atoms with E-state index in [1.165, 1.54) is 32.1 Å². The molecule has 0 aliphatic heterocycles. The molecule has 3 rings (SSSR count). The molecule has 0 amide bonds. The number of aromatic nitrogens is 3. The van der Waals surface area contributed by atoms with E-state index in [1.54, 1.807) is 4.52 Å². The van der Waals surface area contributed by atoms with Crippen LogP contribution in [0.25, 0.3) is 5.65 Å². The van der Waals surface area contributed by atoms with Crippen LogP contribution in [-0.2, 0) is 0 Å². The minimum absolute atomic E-state index is 0.589. The van der Waals surface area contributed by atoms with Crippen molar-refractivity contribution in [2.75, 3.05) is 5.73 Å². The number of hydrogen-bond donors (Lipinski definition) is 1. The summed E-state index contributed by atoms with van der Waals surface area (Å²) in [5.41, 5.74) is 9.03. The molecule has 0 unspecified atom stereocenters. The van der Waals surface area contributed by atoms with Gasteiger partial charge in [-0.05, 0) is 19.8 Å². The van der Waals surface area contributed by atoms with Crippen LogP contribution in [0.2, 0.25) is 0 Å². The average Bonchev–Trinajstić information content (AvgIpc) is 2.71. The minimum Gasteiger partial charge on any atom is -0.384 e. The largest absolute Gasteiger partial charge is 0.384 e. The molecule has 2 aromatic heterocycles. The van der Waals surface area contributed by atoms with E-state index in [0.717, 1.165) is 17.0 Å². The molecular weight excluding hydrogens is 212 g/mol. The van der Waals surface area contributed by atoms with Crippen LogP contribution in [0.5, 0.6) is 0 Å². The van der Waals surface area contributed by atoms with Gasteiger partial charge in [0.05, 0.1) is 5.69 Å². The lowest BCUT2D eigenvalue weighted by Crippen LogP contribution is -2.09. The van der Waals surface area contributed by atoms with Gasteiger partial charge >= 0.3 is 0 Å². The molecule has 2 N–H and O–H groups in total. The van der Waals surface area contributed by atoms with Gasteiger partial charge in [-0.3, -0.25) is 0 Å². The number of anilines is 1. The predicted octanol–water partition coefficient (Wildman–Crippen LogP) is 2.67. The highest BCUT2D eigenvalue weighted by Crippen LogP contribution is 2.32. The van der Waals surface area contributed by atoms with E-state index in [2.05, 4.69) is 5.10 Å². The molecule has 0 atom stereocenters. The van der Waals surface area contributed by atoms with E-state index in [9.17, 15) is 0 Å². The fourth-order valence-electron chi connectivity index (χ4n) is 2.74. The van der Waals surface area contributed by atoms with Gasteiger partial charge in [0, 0.05) is 23.7 Å². The zero-order valence-corrected chi connectivity index (χ0v) is 10.2. The number of aryl methyl sites for hydroxylation is 1. The fourth-order valence-corrected chi connectivity index (χ4v) is 2.74. The number of fused-ring (bicyclic) bond motifs is 1. The van der Waals surface area contributed by atoms with Crippen LogP contribution in [-0.4, -0.2) is 14.6 Å². The van der Waals surface area contributed by atoms with Crippen molar-refractivity contribution in [2.45, 2.75) is 44.9 Å². The molecule has 4 heteroatoms. The summed E-state index contributed by atoms with van der Waals surface area (Å²) in [7, 11) is 0. The van der Waals surface area contributed by atoms with Crippen LogP contribution >= 0.6 is 0 Å². The summed E-state index contributed by atoms with van der Waals surface area (Å²) in [6, 6.07) is 3.98. The quantitative estimate of drug-likeness (QED) is 0.819. The van der Waals surface area contributed by atoms with E-state index in [-0.39, 0.29) is 0 Å². The van der Waals surface area contributed by atoms with Gasteiger partial charge in [-0.1, -0.05) is 19.3 Å². The first kappa shape index (κ1) is 10.6. The Morgan fingerprint density at radius 2 is 2.00 bits per heavy atom. The molecule has 1 aliphatic rings. The van der Waals surface area contributed by atoms with Crippen molar-refractivity contribution < 1.29 is 0 Å². The highest BCUT2D eigenvalue weighted by atomic mass is 15.3. The van der Waals surface area contributed by atoms with E-state index in [0.29, 0.717) is 11.7 Å². The third-order valence-corrected chi connectivity index (χ3v) is 3.62. The predicted molar refractivity (Wildman–Crippen MR) is 68.0 cm³/mol. The third kappa shape index (κ3) is 1.88. The van der Waals surface area contributed by atoms with Crippen molar-refractivity contribution in [3.63, 3.8) is 0 Å². The Morgan fingerprint density at radius 1 is 1.24 bits per heavy atom. The Bertz CT molecular complexity index is 538. The normalized spacial score (nSPS) is 17.7. The summed E-state index contributed by atoms with van der Waals surface area (Å²) in [6.07, 6.45) is 6.48. The van der Waals surface area contributed by atoms with Crippen LogP contribution in [0.1, 0.15) is 49.4 Å². The van der Waals surface area contributed by atoms with Crippen LogP contribution in [0.3, 0.4) is 0 Å². The van der Waals surface area contributed by atoms with Gasteiger partial charge in [0.2, 0.25) is 0 Å². The molecule has 2 heterocycles. The van der Waals surface area contributed by atoms with E-state index >= 15 is 0 Å². The summed E-state index contributed by atoms with van der Waals surface area (Å²) in [4.78, 5) is 4.70. The van der Waals surface area contributed by atoms with Crippen molar-refractivity contribution >= 4 is 11.5 Å². The summed E-state index contributed by atoms with van der Waals surface area (Å²) < 4.78 is 1.72. The molecule has 17 heavy (non-hydrogen) atoms. The first-order valence-electron chi connectivity index (χ1n) is 6.37. The highest BCUT2D eigenvalue weighted by molar-refractivity contribution is 5.48. The maximum absolute atomic E-state index is 6.04. The molecule has 2 aromatic rings. The lowest BCUT2D eigenvalue weighted by molar-refractivity contribution is 0.437. The van der Waals surface area contributed by atoms with Crippen molar-refractivity contribution in [3.8, 4) is 0 Å². The van der Waals surface area contributed by atoms with E-state index in [4.69, 9.17) is 10.7 Å². The zero-order chi connectivity index (χ0) is 11.8. The highest BCUT2D eigenvalue weighted by Gasteiger charge is 2.18. The molecule has 90 valence electrons. The molecule has 1 saturated carbocycles. The second-order valence-electron chi connectivity index (χ2n) is 5.00. The molecule has 0 bridgehead atoms. The second kappa shape index (κ2) is 4.02. The fraction of sp³-hybridized carbons (Fsp3) is 0.538. The molecular formula is C13H18N4. The monoisotopic (exact) mass is 230 g/mol. The van der Waals surface area contributed by atoms with Crippen LogP contribution in [0.4, 0.5) is 5.82 Å². The molecule has 0 radical (unpaired) electrons. The van der Waals surface area contributed by atoms with Gasteiger partial charge in [-0.2, -0.15) is 9.61 Å². The van der Waals surface area contributed by atoms with Gasteiger partial charge in [0.1, 0.15) is 5.82 Å². The van der Waals surface area contributed by atoms with Crippen LogP contribution in [0, 0.1) is 6.92 Å². The number of nitrogens with zero attached hydrogens (tertiary/aromatic N) is 3. The van der Waals surface area contributed by atoms with Crippen molar-refractivity contribution in [2.24, 2.45) is 0 Å². The maximum atomic E-state index is 6.04. The number of rotatable bonds is 1. The Hall–Kier alpha value is -1.58. The van der Waals surface area contributed by atoms with Gasteiger partial charge in [0.25, 0.3) is 0 Å². The van der Waals surface area contributed by atoms with Gasteiger partial charge < -0.3 is 5.73 Å². The Morgan fingerprint density at radius 3 is 2.76 bits per heavy atom. The molecule has 1 aliphatic carbocycles. The Kier molecular flexibility index (Phi) is 2.50. The second-order valence-corrected chi connectivity index (χ2v) is 5.00. The smallest absolute Gasteiger partial charge is 0.157 e. The van der Waals surface area contributed by atoms with E-state index in [1.807, 2.05) is 19.1 Å². The third-order valence-electron chi connectivity index (χ3n) is 3.62. The summed E-state index contributed by atoms with van der Waals surface area (Å²) in [5.74, 6) is 1.29. The topological polar surface area (TPSA) is 56.2 Å². The SMILES string of the molecule is Cc1cc2nc(C3CCCCC3)cc(N)n2n1. The number of nitrogen functional groups attached to an aromatic ring is 1. The van der Waals surface area contributed by atoms with Crippen molar-refractivity contribution in [1.29, 1.82) is 0 Å². The van der Waals surface area contributed by atoms with Crippen LogP contribution < -0.4 is 5.73 Å². The number of hydrogen-bond acceptors (Lipinski definition) is 3. The summed E-state index contributed by atoms with van der Waals surface area (Å²) >= 11 is 0. The molecule has 1 fully saturated rings. The zero-order valence-electron chi connectivity index (χ0n) is 10.2. The van der Waals surface area contributed by atoms with Gasteiger partial charge in [-0.15, -0.1) is 0 Å². The number of nitrogens with two attached hydrogens (primary N) is 1. The van der Waals surface area contributed by atoms with Crippen molar-refractivity contribution in [3.05, 3.63) is 23.5 Å². The van der Waals surface area contributed by atoms with Crippen LogP contribution in [0.15, 0.2) is 12.1 Å². The first-order chi connectivity index (χ1) is 8.24. The summed E-state index contributed by atoms with van der Waals surface area (Å²) in [5, 5.41) is 4.33. The van der Waals surface area contributed by atoms with Crippen molar-refractivity contribution in [1.82, 2.24) is 14.6 Å². The summed E-state index contributed by atoms with van der Waals surface area (Å²) in [6.45, 7) is 1.97. The van der Waals surface area contributed by atoms with E-state index < -0.39 is 0 Å². The maximum Gasteiger partial charge on any atom is 0.157 e. The Balaban J connectivity index is 2.04. The van der Waals surface area contributed by atoms with Gasteiger partial charge in [-0.25, -0.2) is 4.98 Å². The lowest BCUT2D eigenvalue weighted by atomic mass is 9.87. The Labute approximate surface area is 101 Å². The molecule has 0 aromatic carbocycles. The molecule has 0 saturated heterocycles.